The van der Waals surface area contributed by atoms with Crippen LogP contribution in [0.25, 0.3) is 11.3 Å². The van der Waals surface area contributed by atoms with Gasteiger partial charge in [0.05, 0.1) is 5.69 Å². The molecule has 0 aliphatic rings. The Bertz CT molecular complexity index is 523. The smallest absolute Gasteiger partial charge is 0.168 e. The molecule has 0 unspecified atom stereocenters. The topological polar surface area (TPSA) is 30.0 Å². The number of rotatable bonds is 2. The fraction of sp³-hybridized carbons (Fsp3) is 0. The minimum Gasteiger partial charge on any atom is -0.298 e. The monoisotopic (exact) mass is 219 g/mol. The van der Waals surface area contributed by atoms with E-state index in [0.717, 1.165) is 6.07 Å². The van der Waals surface area contributed by atoms with Crippen molar-refractivity contribution in [2.45, 2.75) is 0 Å². The number of pyridine rings is 1. The van der Waals surface area contributed by atoms with Crippen molar-refractivity contribution in [1.82, 2.24) is 4.98 Å². The number of aldehydes is 1. The van der Waals surface area contributed by atoms with Crippen LogP contribution in [0, 0.1) is 11.6 Å². The van der Waals surface area contributed by atoms with E-state index in [1.165, 1.54) is 30.5 Å². The average molecular weight is 219 g/mol. The summed E-state index contributed by atoms with van der Waals surface area (Å²) in [6.07, 6.45) is 1.95. The van der Waals surface area contributed by atoms with Crippen molar-refractivity contribution in [3.63, 3.8) is 0 Å². The molecule has 0 fully saturated rings. The second kappa shape index (κ2) is 4.18. The van der Waals surface area contributed by atoms with E-state index in [1.807, 2.05) is 0 Å². The lowest BCUT2D eigenvalue weighted by molar-refractivity contribution is 0.112. The number of hydrogen-bond acceptors (Lipinski definition) is 2. The Hall–Kier alpha value is -2.10. The van der Waals surface area contributed by atoms with Gasteiger partial charge in [-0.1, -0.05) is 6.07 Å². The second-order valence-corrected chi connectivity index (χ2v) is 3.20. The van der Waals surface area contributed by atoms with Crippen molar-refractivity contribution in [3.05, 3.63) is 53.7 Å². The highest BCUT2D eigenvalue weighted by Crippen LogP contribution is 2.22. The van der Waals surface area contributed by atoms with Crippen LogP contribution >= 0.6 is 0 Å². The van der Waals surface area contributed by atoms with Crippen LogP contribution in [0.5, 0.6) is 0 Å². The number of benzene rings is 1. The van der Waals surface area contributed by atoms with Crippen LogP contribution < -0.4 is 0 Å². The predicted molar refractivity (Wildman–Crippen MR) is 55.0 cm³/mol. The Morgan fingerprint density at radius 2 is 1.94 bits per heavy atom. The number of halogens is 2. The first kappa shape index (κ1) is 10.4. The fourth-order valence-electron chi connectivity index (χ4n) is 1.34. The quantitative estimate of drug-likeness (QED) is 0.727. The molecule has 0 aliphatic heterocycles. The zero-order chi connectivity index (χ0) is 11.5. The van der Waals surface area contributed by atoms with Crippen LogP contribution in [-0.4, -0.2) is 11.3 Å². The number of aromatic nitrogens is 1. The molecule has 0 N–H and O–H groups in total. The standard InChI is InChI=1S/C12H7F2NO/c13-10-3-1-2-9(12(10)14)11-5-4-8(7-16)6-15-11/h1-7H. The third kappa shape index (κ3) is 1.82. The third-order valence-corrected chi connectivity index (χ3v) is 2.15. The number of carbonyl (C=O) groups is 1. The molecule has 16 heavy (non-hydrogen) atoms. The summed E-state index contributed by atoms with van der Waals surface area (Å²) in [6.45, 7) is 0. The highest BCUT2D eigenvalue weighted by atomic mass is 19.2. The first-order valence-electron chi connectivity index (χ1n) is 4.58. The van der Waals surface area contributed by atoms with Crippen molar-refractivity contribution in [2.24, 2.45) is 0 Å². The highest BCUT2D eigenvalue weighted by Gasteiger charge is 2.10. The maximum absolute atomic E-state index is 13.4. The van der Waals surface area contributed by atoms with Crippen LogP contribution in [0.4, 0.5) is 8.78 Å². The van der Waals surface area contributed by atoms with Gasteiger partial charge in [-0.15, -0.1) is 0 Å². The van der Waals surface area contributed by atoms with Crippen LogP contribution in [0.1, 0.15) is 10.4 Å². The minimum atomic E-state index is -0.936. The summed E-state index contributed by atoms with van der Waals surface area (Å²) < 4.78 is 26.3. The van der Waals surface area contributed by atoms with E-state index >= 15 is 0 Å². The Balaban J connectivity index is 2.50. The molecule has 0 saturated carbocycles. The van der Waals surface area contributed by atoms with Crippen LogP contribution in [0.3, 0.4) is 0 Å². The number of hydrogen-bond donors (Lipinski definition) is 0. The Morgan fingerprint density at radius 1 is 1.12 bits per heavy atom. The van der Waals surface area contributed by atoms with E-state index in [1.54, 1.807) is 0 Å². The second-order valence-electron chi connectivity index (χ2n) is 3.20. The molecular formula is C12H7F2NO. The van der Waals surface area contributed by atoms with Gasteiger partial charge >= 0.3 is 0 Å². The van der Waals surface area contributed by atoms with E-state index < -0.39 is 11.6 Å². The van der Waals surface area contributed by atoms with Gasteiger partial charge in [-0.3, -0.25) is 9.78 Å². The van der Waals surface area contributed by atoms with Gasteiger partial charge in [0.2, 0.25) is 0 Å². The molecular weight excluding hydrogens is 212 g/mol. The van der Waals surface area contributed by atoms with Gasteiger partial charge in [-0.2, -0.15) is 0 Å². The highest BCUT2D eigenvalue weighted by molar-refractivity contribution is 5.75. The lowest BCUT2D eigenvalue weighted by atomic mass is 10.1. The van der Waals surface area contributed by atoms with Crippen molar-refractivity contribution in [2.75, 3.05) is 0 Å². The average Bonchev–Trinajstić information content (AvgIpc) is 2.33. The van der Waals surface area contributed by atoms with E-state index in [9.17, 15) is 13.6 Å². The van der Waals surface area contributed by atoms with Crippen LogP contribution in [0.15, 0.2) is 36.5 Å². The summed E-state index contributed by atoms with van der Waals surface area (Å²) in [7, 11) is 0. The van der Waals surface area contributed by atoms with Gasteiger partial charge in [0.25, 0.3) is 0 Å². The molecule has 2 nitrogen and oxygen atoms in total. The van der Waals surface area contributed by atoms with E-state index in [0.29, 0.717) is 17.5 Å². The molecule has 0 radical (unpaired) electrons. The molecule has 0 aliphatic carbocycles. The predicted octanol–water partition coefficient (Wildman–Crippen LogP) is 2.84. The zero-order valence-electron chi connectivity index (χ0n) is 8.15. The lowest BCUT2D eigenvalue weighted by Crippen LogP contribution is -1.92. The van der Waals surface area contributed by atoms with Crippen molar-refractivity contribution >= 4 is 6.29 Å². The molecule has 0 saturated heterocycles. The van der Waals surface area contributed by atoms with Crippen molar-refractivity contribution in [3.8, 4) is 11.3 Å². The zero-order valence-corrected chi connectivity index (χ0v) is 8.15. The number of nitrogens with zero attached hydrogens (tertiary/aromatic N) is 1. The minimum absolute atomic E-state index is 0.0810. The molecule has 80 valence electrons. The molecule has 1 aromatic heterocycles. The maximum Gasteiger partial charge on any atom is 0.168 e. The Kier molecular flexibility index (Phi) is 2.72. The van der Waals surface area contributed by atoms with Crippen LogP contribution in [-0.2, 0) is 0 Å². The summed E-state index contributed by atoms with van der Waals surface area (Å²) in [4.78, 5) is 14.3. The van der Waals surface area contributed by atoms with Gasteiger partial charge in [0.15, 0.2) is 17.9 Å². The first-order chi connectivity index (χ1) is 7.72. The lowest BCUT2D eigenvalue weighted by Gasteiger charge is -2.02. The van der Waals surface area contributed by atoms with E-state index in [4.69, 9.17) is 0 Å². The van der Waals surface area contributed by atoms with E-state index in [2.05, 4.69) is 4.98 Å². The molecule has 0 amide bonds. The Labute approximate surface area is 90.6 Å². The summed E-state index contributed by atoms with van der Waals surface area (Å²) in [5, 5.41) is 0. The molecule has 1 aromatic carbocycles. The summed E-state index contributed by atoms with van der Waals surface area (Å²) in [6, 6.07) is 6.85. The van der Waals surface area contributed by atoms with Gasteiger partial charge in [-0.05, 0) is 24.3 Å². The molecule has 2 rings (SSSR count). The summed E-state index contributed by atoms with van der Waals surface area (Å²) in [5.74, 6) is -1.85. The normalized spacial score (nSPS) is 10.1. The van der Waals surface area contributed by atoms with Gasteiger partial charge < -0.3 is 0 Å². The molecule has 1 heterocycles. The van der Waals surface area contributed by atoms with Gasteiger partial charge in [0, 0.05) is 17.3 Å². The summed E-state index contributed by atoms with van der Waals surface area (Å²) in [5.41, 5.74) is 0.764. The largest absolute Gasteiger partial charge is 0.298 e. The Morgan fingerprint density at radius 3 is 2.56 bits per heavy atom. The van der Waals surface area contributed by atoms with Gasteiger partial charge in [0.1, 0.15) is 0 Å². The number of carbonyl (C=O) groups excluding carboxylic acids is 1. The molecule has 0 bridgehead atoms. The van der Waals surface area contributed by atoms with Crippen molar-refractivity contribution < 1.29 is 13.6 Å². The molecule has 0 atom stereocenters. The molecule has 4 heteroatoms. The fourth-order valence-corrected chi connectivity index (χ4v) is 1.34. The molecule has 2 aromatic rings. The first-order valence-corrected chi connectivity index (χ1v) is 4.58. The maximum atomic E-state index is 13.4. The summed E-state index contributed by atoms with van der Waals surface area (Å²) >= 11 is 0. The van der Waals surface area contributed by atoms with Crippen LogP contribution in [0.2, 0.25) is 0 Å². The van der Waals surface area contributed by atoms with Gasteiger partial charge in [-0.25, -0.2) is 8.78 Å². The molecule has 0 spiro atoms. The third-order valence-electron chi connectivity index (χ3n) is 2.15. The SMILES string of the molecule is O=Cc1ccc(-c2cccc(F)c2F)nc1. The van der Waals surface area contributed by atoms with E-state index in [-0.39, 0.29) is 5.56 Å². The van der Waals surface area contributed by atoms with Crippen molar-refractivity contribution in [1.29, 1.82) is 0 Å².